The summed E-state index contributed by atoms with van der Waals surface area (Å²) < 4.78 is 5.36. The first-order valence-corrected chi connectivity index (χ1v) is 6.77. The van der Waals surface area contributed by atoms with Crippen molar-refractivity contribution in [2.45, 2.75) is 19.8 Å². The van der Waals surface area contributed by atoms with Gasteiger partial charge in [0, 0.05) is 18.0 Å². The van der Waals surface area contributed by atoms with Crippen LogP contribution in [-0.4, -0.2) is 25.5 Å². The average molecular weight is 268 g/mol. The van der Waals surface area contributed by atoms with Gasteiger partial charge < -0.3 is 10.1 Å². The van der Waals surface area contributed by atoms with E-state index in [1.165, 1.54) is 0 Å². The number of hydrogen-bond acceptors (Lipinski definition) is 3. The van der Waals surface area contributed by atoms with Gasteiger partial charge >= 0.3 is 0 Å². The number of Topliss-reactive ketones (excluding diaryl/α,β-unsaturated/α-hetero) is 1. The number of hydrogen-bond donors (Lipinski definition) is 1. The van der Waals surface area contributed by atoms with E-state index in [1.54, 1.807) is 18.2 Å². The van der Waals surface area contributed by atoms with Crippen molar-refractivity contribution in [2.24, 2.45) is 5.92 Å². The quantitative estimate of drug-likeness (QED) is 0.853. The van der Waals surface area contributed by atoms with Gasteiger partial charge in [0.2, 0.25) is 0 Å². The third-order valence-electron chi connectivity index (χ3n) is 3.18. The standard InChI is InChI=1S/C14H18ClNO2/c1-2-18-13-6-5-10(8-12(13)15)14(17)11-4-3-7-16-9-11/h5-6,8,11,16H,2-4,7,9H2,1H3. The Balaban J connectivity index is 2.12. The van der Waals surface area contributed by atoms with Gasteiger partial charge in [0.1, 0.15) is 5.75 Å². The second-order valence-electron chi connectivity index (χ2n) is 4.49. The van der Waals surface area contributed by atoms with Crippen molar-refractivity contribution in [3.05, 3.63) is 28.8 Å². The number of ketones is 1. The number of ether oxygens (including phenoxy) is 1. The number of carbonyl (C=O) groups is 1. The van der Waals surface area contributed by atoms with Crippen molar-refractivity contribution in [3.8, 4) is 5.75 Å². The van der Waals surface area contributed by atoms with E-state index >= 15 is 0 Å². The normalized spacial score (nSPS) is 19.6. The predicted molar refractivity (Wildman–Crippen MR) is 72.5 cm³/mol. The number of piperidine rings is 1. The van der Waals surface area contributed by atoms with E-state index in [0.717, 1.165) is 25.9 Å². The highest BCUT2D eigenvalue weighted by Gasteiger charge is 2.22. The van der Waals surface area contributed by atoms with Crippen molar-refractivity contribution in [2.75, 3.05) is 19.7 Å². The molecule has 1 fully saturated rings. The lowest BCUT2D eigenvalue weighted by Crippen LogP contribution is -2.34. The summed E-state index contributed by atoms with van der Waals surface area (Å²) in [5.41, 5.74) is 0.678. The van der Waals surface area contributed by atoms with Gasteiger partial charge in [-0.05, 0) is 44.5 Å². The third kappa shape index (κ3) is 3.03. The summed E-state index contributed by atoms with van der Waals surface area (Å²) in [6, 6.07) is 5.28. The Morgan fingerprint density at radius 1 is 1.56 bits per heavy atom. The fraction of sp³-hybridized carbons (Fsp3) is 0.500. The lowest BCUT2D eigenvalue weighted by Gasteiger charge is -2.21. The van der Waals surface area contributed by atoms with Crippen molar-refractivity contribution >= 4 is 17.4 Å². The smallest absolute Gasteiger partial charge is 0.167 e. The minimum atomic E-state index is 0.0766. The van der Waals surface area contributed by atoms with Crippen LogP contribution in [-0.2, 0) is 0 Å². The number of benzene rings is 1. The summed E-state index contributed by atoms with van der Waals surface area (Å²) in [7, 11) is 0. The fourth-order valence-corrected chi connectivity index (χ4v) is 2.47. The first-order valence-electron chi connectivity index (χ1n) is 6.39. The molecule has 0 radical (unpaired) electrons. The monoisotopic (exact) mass is 267 g/mol. The highest BCUT2D eigenvalue weighted by atomic mass is 35.5. The van der Waals surface area contributed by atoms with Crippen LogP contribution < -0.4 is 10.1 Å². The van der Waals surface area contributed by atoms with Crippen LogP contribution in [0.5, 0.6) is 5.75 Å². The zero-order chi connectivity index (χ0) is 13.0. The summed E-state index contributed by atoms with van der Waals surface area (Å²) in [6.45, 7) is 4.25. The molecule has 98 valence electrons. The Morgan fingerprint density at radius 3 is 3.00 bits per heavy atom. The van der Waals surface area contributed by atoms with Crippen LogP contribution in [0.1, 0.15) is 30.1 Å². The van der Waals surface area contributed by atoms with Crippen molar-refractivity contribution < 1.29 is 9.53 Å². The predicted octanol–water partition coefficient (Wildman–Crippen LogP) is 2.92. The molecule has 1 unspecified atom stereocenters. The van der Waals surface area contributed by atoms with Crippen LogP contribution >= 0.6 is 11.6 Å². The molecule has 1 heterocycles. The maximum absolute atomic E-state index is 12.3. The van der Waals surface area contributed by atoms with E-state index in [-0.39, 0.29) is 11.7 Å². The molecule has 1 aromatic rings. The fourth-order valence-electron chi connectivity index (χ4n) is 2.24. The van der Waals surface area contributed by atoms with E-state index in [0.29, 0.717) is 22.9 Å². The molecule has 3 nitrogen and oxygen atoms in total. The van der Waals surface area contributed by atoms with Crippen molar-refractivity contribution in [3.63, 3.8) is 0 Å². The molecule has 0 spiro atoms. The highest BCUT2D eigenvalue weighted by molar-refractivity contribution is 6.32. The maximum Gasteiger partial charge on any atom is 0.167 e. The average Bonchev–Trinajstić information content (AvgIpc) is 2.41. The lowest BCUT2D eigenvalue weighted by atomic mass is 9.91. The zero-order valence-corrected chi connectivity index (χ0v) is 11.3. The second-order valence-corrected chi connectivity index (χ2v) is 4.89. The van der Waals surface area contributed by atoms with Crippen LogP contribution in [0, 0.1) is 5.92 Å². The van der Waals surface area contributed by atoms with Gasteiger partial charge in [-0.1, -0.05) is 11.6 Å². The molecule has 1 atom stereocenters. The van der Waals surface area contributed by atoms with Crippen molar-refractivity contribution in [1.29, 1.82) is 0 Å². The van der Waals surface area contributed by atoms with Crippen LogP contribution in [0.3, 0.4) is 0 Å². The molecule has 0 saturated carbocycles. The van der Waals surface area contributed by atoms with Crippen LogP contribution in [0.2, 0.25) is 5.02 Å². The topological polar surface area (TPSA) is 38.3 Å². The molecule has 2 rings (SSSR count). The number of halogens is 1. The maximum atomic E-state index is 12.3. The zero-order valence-electron chi connectivity index (χ0n) is 10.5. The third-order valence-corrected chi connectivity index (χ3v) is 3.48. The van der Waals surface area contributed by atoms with Crippen molar-refractivity contribution in [1.82, 2.24) is 5.32 Å². The summed E-state index contributed by atoms with van der Waals surface area (Å²) >= 11 is 6.10. The molecular weight excluding hydrogens is 250 g/mol. The molecule has 1 saturated heterocycles. The molecule has 0 bridgehead atoms. The van der Waals surface area contributed by atoms with E-state index < -0.39 is 0 Å². The Morgan fingerprint density at radius 2 is 2.39 bits per heavy atom. The minimum Gasteiger partial charge on any atom is -0.492 e. The van der Waals surface area contributed by atoms with E-state index in [9.17, 15) is 4.79 Å². The van der Waals surface area contributed by atoms with Gasteiger partial charge in [0.15, 0.2) is 5.78 Å². The van der Waals surface area contributed by atoms with Gasteiger partial charge in [-0.25, -0.2) is 0 Å². The largest absolute Gasteiger partial charge is 0.492 e. The Kier molecular flexibility index (Phi) is 4.61. The molecule has 18 heavy (non-hydrogen) atoms. The molecule has 1 aliphatic rings. The molecule has 0 amide bonds. The van der Waals surface area contributed by atoms with Gasteiger partial charge in [0.05, 0.1) is 11.6 Å². The Bertz CT molecular complexity index is 428. The number of carbonyl (C=O) groups excluding carboxylic acids is 1. The van der Waals surface area contributed by atoms with Gasteiger partial charge in [-0.15, -0.1) is 0 Å². The number of rotatable bonds is 4. The molecule has 0 aliphatic carbocycles. The summed E-state index contributed by atoms with van der Waals surface area (Å²) in [5.74, 6) is 0.886. The Labute approximate surface area is 112 Å². The Hall–Kier alpha value is -1.06. The first-order chi connectivity index (χ1) is 8.72. The van der Waals surface area contributed by atoms with Crippen LogP contribution in [0.25, 0.3) is 0 Å². The molecule has 1 aliphatic heterocycles. The van der Waals surface area contributed by atoms with Gasteiger partial charge in [-0.3, -0.25) is 4.79 Å². The molecule has 1 aromatic carbocycles. The lowest BCUT2D eigenvalue weighted by molar-refractivity contribution is 0.0899. The molecular formula is C14H18ClNO2. The van der Waals surface area contributed by atoms with Crippen LogP contribution in [0.4, 0.5) is 0 Å². The second kappa shape index (κ2) is 6.21. The van der Waals surface area contributed by atoms with Gasteiger partial charge in [0.25, 0.3) is 0 Å². The summed E-state index contributed by atoms with van der Waals surface area (Å²) in [5, 5.41) is 3.76. The van der Waals surface area contributed by atoms with E-state index in [2.05, 4.69) is 5.32 Å². The summed E-state index contributed by atoms with van der Waals surface area (Å²) in [4.78, 5) is 12.3. The van der Waals surface area contributed by atoms with E-state index in [4.69, 9.17) is 16.3 Å². The van der Waals surface area contributed by atoms with Gasteiger partial charge in [-0.2, -0.15) is 0 Å². The molecule has 4 heteroatoms. The minimum absolute atomic E-state index is 0.0766. The van der Waals surface area contributed by atoms with E-state index in [1.807, 2.05) is 6.92 Å². The molecule has 0 aromatic heterocycles. The highest BCUT2D eigenvalue weighted by Crippen LogP contribution is 2.27. The SMILES string of the molecule is CCOc1ccc(C(=O)C2CCCNC2)cc1Cl. The first kappa shape index (κ1) is 13.4. The molecule has 1 N–H and O–H groups in total. The summed E-state index contributed by atoms with van der Waals surface area (Å²) in [6.07, 6.45) is 2.01. The number of nitrogens with one attached hydrogen (secondary N) is 1. The van der Waals surface area contributed by atoms with Crippen LogP contribution in [0.15, 0.2) is 18.2 Å².